The number of carbonyl (C=O) groups excluding carboxylic acids is 1. The number of pyridine rings is 1. The van der Waals surface area contributed by atoms with E-state index in [0.29, 0.717) is 18.7 Å². The maximum Gasteiger partial charge on any atom is 0.496 e. The van der Waals surface area contributed by atoms with Crippen LogP contribution in [0.3, 0.4) is 0 Å². The van der Waals surface area contributed by atoms with Gasteiger partial charge in [0.25, 0.3) is 0 Å². The minimum Gasteiger partial charge on any atom is -0.444 e. The van der Waals surface area contributed by atoms with Crippen LogP contribution in [-0.4, -0.2) is 53.0 Å². The molecule has 2 saturated heterocycles. The number of nitriles is 1. The van der Waals surface area contributed by atoms with E-state index in [0.717, 1.165) is 5.46 Å². The van der Waals surface area contributed by atoms with Crippen LogP contribution in [-0.2, 0) is 19.5 Å². The minimum atomic E-state index is -0.842. The molecule has 1 aromatic rings. The average Bonchev–Trinajstić information content (AvgIpc) is 3.13. The van der Waals surface area contributed by atoms with Crippen molar-refractivity contribution in [3.05, 3.63) is 24.0 Å². The van der Waals surface area contributed by atoms with Crippen molar-refractivity contribution in [2.24, 2.45) is 0 Å². The average molecular weight is 399 g/mol. The molecule has 0 saturated carbocycles. The lowest BCUT2D eigenvalue weighted by atomic mass is 9.78. The number of likely N-dealkylation sites (tertiary alicyclic amines) is 1. The van der Waals surface area contributed by atoms with Gasteiger partial charge in [0.15, 0.2) is 0 Å². The SMILES string of the molecule is CC(C)(C)OC(=O)N1CCC(C#N)(c2ccc(B3OC(C)(C)C(C)(C)O3)cn2)C1. The third-order valence-corrected chi connectivity index (χ3v) is 5.94. The normalized spacial score (nSPS) is 25.7. The zero-order valence-electron chi connectivity index (χ0n) is 18.4. The highest BCUT2D eigenvalue weighted by molar-refractivity contribution is 6.62. The lowest BCUT2D eigenvalue weighted by molar-refractivity contribution is 0.00578. The molecule has 2 aliphatic heterocycles. The summed E-state index contributed by atoms with van der Waals surface area (Å²) >= 11 is 0. The number of amides is 1. The third-order valence-electron chi connectivity index (χ3n) is 5.94. The zero-order valence-corrected chi connectivity index (χ0v) is 18.4. The summed E-state index contributed by atoms with van der Waals surface area (Å²) in [6.45, 7) is 14.2. The first-order valence-electron chi connectivity index (χ1n) is 10.00. The molecule has 0 radical (unpaired) electrons. The smallest absolute Gasteiger partial charge is 0.444 e. The van der Waals surface area contributed by atoms with Crippen LogP contribution in [0.5, 0.6) is 0 Å². The number of hydrogen-bond acceptors (Lipinski definition) is 6. The molecule has 3 heterocycles. The second-order valence-electron chi connectivity index (χ2n) is 9.91. The number of ether oxygens (including phenoxy) is 1. The van der Waals surface area contributed by atoms with Gasteiger partial charge in [-0.3, -0.25) is 4.98 Å². The first kappa shape index (κ1) is 21.6. The molecule has 0 spiro atoms. The van der Waals surface area contributed by atoms with E-state index in [2.05, 4.69) is 11.1 Å². The van der Waals surface area contributed by atoms with Crippen molar-refractivity contribution in [3.8, 4) is 6.07 Å². The molecule has 1 unspecified atom stereocenters. The van der Waals surface area contributed by atoms with Crippen LogP contribution in [0.2, 0.25) is 0 Å². The summed E-state index contributed by atoms with van der Waals surface area (Å²) in [5.74, 6) is 0. The van der Waals surface area contributed by atoms with Gasteiger partial charge in [0.1, 0.15) is 11.0 Å². The Hall–Kier alpha value is -2.11. The Bertz CT molecular complexity index is 810. The van der Waals surface area contributed by atoms with E-state index in [1.807, 2.05) is 60.6 Å². The van der Waals surface area contributed by atoms with E-state index >= 15 is 0 Å². The first-order chi connectivity index (χ1) is 13.3. The summed E-state index contributed by atoms with van der Waals surface area (Å²) in [7, 11) is -0.499. The Labute approximate surface area is 173 Å². The van der Waals surface area contributed by atoms with Crippen molar-refractivity contribution in [1.82, 2.24) is 9.88 Å². The van der Waals surface area contributed by atoms with E-state index in [1.54, 1.807) is 11.1 Å². The molecular weight excluding hydrogens is 369 g/mol. The fourth-order valence-electron chi connectivity index (χ4n) is 3.46. The van der Waals surface area contributed by atoms with E-state index in [-0.39, 0.29) is 6.54 Å². The van der Waals surface area contributed by atoms with Crippen LogP contribution < -0.4 is 5.46 Å². The maximum atomic E-state index is 12.4. The van der Waals surface area contributed by atoms with Gasteiger partial charge in [0.2, 0.25) is 0 Å². The molecule has 8 heteroatoms. The fraction of sp³-hybridized carbons (Fsp3) is 0.667. The molecule has 2 fully saturated rings. The van der Waals surface area contributed by atoms with Gasteiger partial charge in [-0.15, -0.1) is 0 Å². The monoisotopic (exact) mass is 399 g/mol. The predicted octanol–water partition coefficient (Wildman–Crippen LogP) is 2.78. The van der Waals surface area contributed by atoms with Crippen molar-refractivity contribution in [1.29, 1.82) is 5.26 Å². The van der Waals surface area contributed by atoms with Crippen molar-refractivity contribution >= 4 is 18.7 Å². The lowest BCUT2D eigenvalue weighted by Crippen LogP contribution is -2.41. The number of carbonyl (C=O) groups is 1. The molecule has 1 atom stereocenters. The Morgan fingerprint density at radius 2 is 1.86 bits per heavy atom. The second-order valence-corrected chi connectivity index (χ2v) is 9.91. The molecule has 156 valence electrons. The van der Waals surface area contributed by atoms with E-state index in [1.165, 1.54) is 0 Å². The highest BCUT2D eigenvalue weighted by atomic mass is 16.7. The van der Waals surface area contributed by atoms with Gasteiger partial charge in [-0.05, 0) is 61.0 Å². The highest BCUT2D eigenvalue weighted by Crippen LogP contribution is 2.37. The quantitative estimate of drug-likeness (QED) is 0.711. The topological polar surface area (TPSA) is 84.7 Å². The number of rotatable bonds is 2. The fourth-order valence-corrected chi connectivity index (χ4v) is 3.46. The summed E-state index contributed by atoms with van der Waals surface area (Å²) in [5, 5.41) is 9.90. The zero-order chi connectivity index (χ0) is 21.7. The molecule has 0 aliphatic carbocycles. The molecule has 0 aromatic carbocycles. The minimum absolute atomic E-state index is 0.265. The summed E-state index contributed by atoms with van der Waals surface area (Å²) in [5.41, 5.74) is -0.815. The Kier molecular flexibility index (Phi) is 5.21. The summed E-state index contributed by atoms with van der Waals surface area (Å²) in [4.78, 5) is 18.5. The molecule has 1 amide bonds. The van der Waals surface area contributed by atoms with E-state index < -0.39 is 35.4 Å². The molecule has 3 rings (SSSR count). The highest BCUT2D eigenvalue weighted by Gasteiger charge is 2.52. The van der Waals surface area contributed by atoms with Crippen LogP contribution >= 0.6 is 0 Å². The van der Waals surface area contributed by atoms with E-state index in [4.69, 9.17) is 14.0 Å². The largest absolute Gasteiger partial charge is 0.496 e. The first-order valence-corrected chi connectivity index (χ1v) is 10.00. The van der Waals surface area contributed by atoms with Crippen LogP contribution in [0.4, 0.5) is 4.79 Å². The summed E-state index contributed by atoms with van der Waals surface area (Å²) < 4.78 is 17.6. The number of aromatic nitrogens is 1. The van der Waals surface area contributed by atoms with Crippen LogP contribution in [0.15, 0.2) is 18.3 Å². The number of hydrogen-bond donors (Lipinski definition) is 0. The van der Waals surface area contributed by atoms with Gasteiger partial charge >= 0.3 is 13.2 Å². The van der Waals surface area contributed by atoms with Gasteiger partial charge in [0.05, 0.1) is 23.0 Å². The van der Waals surface area contributed by atoms with Gasteiger partial charge in [0, 0.05) is 24.7 Å². The summed E-state index contributed by atoms with van der Waals surface area (Å²) in [6, 6.07) is 6.11. The molecule has 0 N–H and O–H groups in total. The number of nitrogens with zero attached hydrogens (tertiary/aromatic N) is 3. The molecule has 2 aliphatic rings. The Morgan fingerprint density at radius 3 is 2.34 bits per heavy atom. The molecule has 0 bridgehead atoms. The van der Waals surface area contributed by atoms with Gasteiger partial charge < -0.3 is 18.9 Å². The molecule has 7 nitrogen and oxygen atoms in total. The summed E-state index contributed by atoms with van der Waals surface area (Å²) in [6.07, 6.45) is 1.82. The Balaban J connectivity index is 1.75. The second kappa shape index (κ2) is 7.00. The predicted molar refractivity (Wildman–Crippen MR) is 110 cm³/mol. The van der Waals surface area contributed by atoms with Crippen LogP contribution in [0, 0.1) is 11.3 Å². The van der Waals surface area contributed by atoms with Gasteiger partial charge in [-0.25, -0.2) is 4.79 Å². The molecule has 29 heavy (non-hydrogen) atoms. The van der Waals surface area contributed by atoms with Gasteiger partial charge in [-0.1, -0.05) is 6.07 Å². The van der Waals surface area contributed by atoms with Crippen LogP contribution in [0.25, 0.3) is 0 Å². The van der Waals surface area contributed by atoms with Crippen molar-refractivity contribution < 1.29 is 18.8 Å². The molecule has 1 aromatic heterocycles. The molecular formula is C21H30BN3O4. The standard InChI is InChI=1S/C21H30BN3O4/c1-18(2,3)27-17(26)25-11-10-21(13-23,14-25)16-9-8-15(12-24-16)22-28-19(4,5)20(6,7)29-22/h8-9,12H,10-11,14H2,1-7H3. The van der Waals surface area contributed by atoms with Crippen LogP contribution in [0.1, 0.15) is 60.6 Å². The van der Waals surface area contributed by atoms with Crippen molar-refractivity contribution in [2.75, 3.05) is 13.1 Å². The maximum absolute atomic E-state index is 12.4. The van der Waals surface area contributed by atoms with E-state index in [9.17, 15) is 10.1 Å². The van der Waals surface area contributed by atoms with Gasteiger partial charge in [-0.2, -0.15) is 5.26 Å². The third kappa shape index (κ3) is 4.12. The Morgan fingerprint density at radius 1 is 1.24 bits per heavy atom. The van der Waals surface area contributed by atoms with Crippen molar-refractivity contribution in [2.45, 2.75) is 77.1 Å². The van der Waals surface area contributed by atoms with Crippen molar-refractivity contribution in [3.63, 3.8) is 0 Å². The lowest BCUT2D eigenvalue weighted by Gasteiger charge is -2.32.